The Bertz CT molecular complexity index is 1100. The molecule has 0 aliphatic rings. The van der Waals surface area contributed by atoms with Crippen LogP contribution in [-0.2, 0) is 16.4 Å². The lowest BCUT2D eigenvalue weighted by Gasteiger charge is -2.05. The third kappa shape index (κ3) is 4.18. The van der Waals surface area contributed by atoms with Crippen molar-refractivity contribution in [2.45, 2.75) is 18.2 Å². The molecule has 1 N–H and O–H groups in total. The summed E-state index contributed by atoms with van der Waals surface area (Å²) in [5, 5.41) is 11.3. The van der Waals surface area contributed by atoms with Crippen LogP contribution in [0.1, 0.15) is 11.8 Å². The van der Waals surface area contributed by atoms with Gasteiger partial charge in [-0.2, -0.15) is 0 Å². The maximum atomic E-state index is 12.7. The lowest BCUT2D eigenvalue weighted by Crippen LogP contribution is -2.14. The van der Waals surface area contributed by atoms with Crippen molar-refractivity contribution in [3.05, 3.63) is 68.0 Å². The highest BCUT2D eigenvalue weighted by molar-refractivity contribution is 9.10. The largest absolute Gasteiger partial charge is 0.289 e. The summed E-state index contributed by atoms with van der Waals surface area (Å²) in [7, 11) is -4.14. The maximum Gasteiger partial charge on any atom is 0.289 e. The molecule has 0 atom stereocenters. The van der Waals surface area contributed by atoms with Crippen LogP contribution >= 0.6 is 27.3 Å². The van der Waals surface area contributed by atoms with Gasteiger partial charge in [-0.3, -0.25) is 14.8 Å². The van der Waals surface area contributed by atoms with Crippen LogP contribution in [-0.4, -0.2) is 18.3 Å². The predicted molar refractivity (Wildman–Crippen MR) is 109 cm³/mol. The Morgan fingerprint density at radius 3 is 2.48 bits per heavy atom. The Balaban J connectivity index is 1.99. The monoisotopic (exact) mass is 467 g/mol. The number of nitro benzene ring substituents is 1. The van der Waals surface area contributed by atoms with Crippen molar-refractivity contribution in [2.75, 3.05) is 4.72 Å². The van der Waals surface area contributed by atoms with Crippen molar-refractivity contribution in [3.63, 3.8) is 0 Å². The molecule has 140 valence electrons. The molecule has 0 spiro atoms. The zero-order valence-electron chi connectivity index (χ0n) is 14.0. The van der Waals surface area contributed by atoms with Crippen molar-refractivity contribution >= 4 is 48.1 Å². The fourth-order valence-electron chi connectivity index (χ4n) is 2.47. The van der Waals surface area contributed by atoms with Gasteiger partial charge in [0, 0.05) is 21.0 Å². The summed E-state index contributed by atoms with van der Waals surface area (Å²) in [5.41, 5.74) is 1.07. The number of nitro groups is 1. The predicted octanol–water partition coefficient (Wildman–Crippen LogP) is 4.84. The first-order valence-corrected chi connectivity index (χ1v) is 10.9. The Hall–Kier alpha value is -2.30. The summed E-state index contributed by atoms with van der Waals surface area (Å²) in [6.45, 7) is 1.95. The average molecular weight is 468 g/mol. The van der Waals surface area contributed by atoms with Crippen molar-refractivity contribution in [3.8, 4) is 11.3 Å². The number of rotatable bonds is 6. The Kier molecular flexibility index (Phi) is 5.59. The summed E-state index contributed by atoms with van der Waals surface area (Å²) in [5.74, 6) is 0. The van der Waals surface area contributed by atoms with Crippen LogP contribution in [0.5, 0.6) is 0 Å². The molecule has 7 nitrogen and oxygen atoms in total. The van der Waals surface area contributed by atoms with Crippen molar-refractivity contribution in [2.24, 2.45) is 0 Å². The molecule has 1 aromatic heterocycles. The molecule has 3 aromatic rings. The Morgan fingerprint density at radius 1 is 1.19 bits per heavy atom. The van der Waals surface area contributed by atoms with E-state index < -0.39 is 25.5 Å². The highest BCUT2D eigenvalue weighted by Crippen LogP contribution is 2.34. The summed E-state index contributed by atoms with van der Waals surface area (Å²) < 4.78 is 28.6. The number of thiazole rings is 1. The average Bonchev–Trinajstić information content (AvgIpc) is 3.04. The minimum atomic E-state index is -4.14. The van der Waals surface area contributed by atoms with Gasteiger partial charge < -0.3 is 0 Å². The first-order chi connectivity index (χ1) is 12.8. The van der Waals surface area contributed by atoms with E-state index in [9.17, 15) is 18.5 Å². The fraction of sp³-hybridized carbons (Fsp3) is 0.118. The van der Waals surface area contributed by atoms with E-state index in [1.807, 2.05) is 31.2 Å². The van der Waals surface area contributed by atoms with Gasteiger partial charge in [0.15, 0.2) is 10.0 Å². The van der Waals surface area contributed by atoms with E-state index in [0.717, 1.165) is 21.0 Å². The standard InChI is InChI=1S/C17H14BrN3O4S2/c1-2-14-16(11-7-9-12(18)10-8-11)19-17(26-14)20-27(24,25)15-6-4-3-5-13(15)21(22)23/h3-10H,2H2,1H3,(H,19,20). The SMILES string of the molecule is CCc1sc(NS(=O)(=O)c2ccccc2[N+](=O)[O-])nc1-c1ccc(Br)cc1. The molecule has 1 heterocycles. The number of aryl methyl sites for hydroxylation is 1. The highest BCUT2D eigenvalue weighted by Gasteiger charge is 2.26. The number of sulfonamides is 1. The molecule has 10 heteroatoms. The molecule has 0 fully saturated rings. The molecular weight excluding hydrogens is 454 g/mol. The van der Waals surface area contributed by atoms with Crippen molar-refractivity contribution in [1.82, 2.24) is 4.98 Å². The first-order valence-electron chi connectivity index (χ1n) is 7.83. The lowest BCUT2D eigenvalue weighted by atomic mass is 10.1. The molecule has 0 saturated carbocycles. The van der Waals surface area contributed by atoms with Crippen LogP contribution in [0.4, 0.5) is 10.8 Å². The van der Waals surface area contributed by atoms with Gasteiger partial charge in [-0.1, -0.05) is 47.1 Å². The molecule has 2 aromatic carbocycles. The number of nitrogens with one attached hydrogen (secondary N) is 1. The number of halogens is 1. The second kappa shape index (κ2) is 7.75. The molecule has 0 aliphatic heterocycles. The van der Waals surface area contributed by atoms with Crippen LogP contribution in [0.3, 0.4) is 0 Å². The number of benzene rings is 2. The number of hydrogen-bond acceptors (Lipinski definition) is 6. The third-order valence-electron chi connectivity index (χ3n) is 3.71. The molecule has 27 heavy (non-hydrogen) atoms. The van der Waals surface area contributed by atoms with E-state index in [1.54, 1.807) is 0 Å². The van der Waals surface area contributed by atoms with Gasteiger partial charge >= 0.3 is 0 Å². The normalized spacial score (nSPS) is 11.3. The van der Waals surface area contributed by atoms with E-state index in [-0.39, 0.29) is 5.13 Å². The van der Waals surface area contributed by atoms with Crippen LogP contribution < -0.4 is 4.72 Å². The molecule has 0 aliphatic carbocycles. The molecule has 0 saturated heterocycles. The van der Waals surface area contributed by atoms with Crippen molar-refractivity contribution in [1.29, 1.82) is 0 Å². The molecule has 0 amide bonds. The smallest absolute Gasteiger partial charge is 0.258 e. The number of para-hydroxylation sites is 1. The number of aromatic nitrogens is 1. The minimum Gasteiger partial charge on any atom is -0.258 e. The number of hydrogen-bond donors (Lipinski definition) is 1. The van der Waals surface area contributed by atoms with Gasteiger partial charge in [-0.15, -0.1) is 11.3 Å². The van der Waals surface area contributed by atoms with Gasteiger partial charge in [0.2, 0.25) is 0 Å². The topological polar surface area (TPSA) is 102 Å². The van der Waals surface area contributed by atoms with Crippen LogP contribution in [0.2, 0.25) is 0 Å². The zero-order chi connectivity index (χ0) is 19.6. The quantitative estimate of drug-likeness (QED) is 0.412. The minimum absolute atomic E-state index is 0.169. The summed E-state index contributed by atoms with van der Waals surface area (Å²) >= 11 is 4.59. The third-order valence-corrected chi connectivity index (χ3v) is 6.87. The van der Waals surface area contributed by atoms with Crippen LogP contribution in [0.15, 0.2) is 57.9 Å². The summed E-state index contributed by atoms with van der Waals surface area (Å²) in [4.78, 5) is 15.3. The fourth-order valence-corrected chi connectivity index (χ4v) is 5.07. The molecule has 0 radical (unpaired) electrons. The van der Waals surface area contributed by atoms with Crippen molar-refractivity contribution < 1.29 is 13.3 Å². The zero-order valence-corrected chi connectivity index (χ0v) is 17.3. The first kappa shape index (κ1) is 19.5. The number of nitrogens with zero attached hydrogens (tertiary/aromatic N) is 2. The number of anilines is 1. The molecule has 0 unspecified atom stereocenters. The van der Waals surface area contributed by atoms with Gasteiger partial charge in [-0.05, 0) is 24.6 Å². The highest BCUT2D eigenvalue weighted by atomic mass is 79.9. The molecular formula is C17H14BrN3O4S2. The lowest BCUT2D eigenvalue weighted by molar-refractivity contribution is -0.387. The Labute approximate surface area is 168 Å². The van der Waals surface area contributed by atoms with Gasteiger partial charge in [0.25, 0.3) is 15.7 Å². The maximum absolute atomic E-state index is 12.7. The van der Waals surface area contributed by atoms with E-state index in [4.69, 9.17) is 0 Å². The van der Waals surface area contributed by atoms with E-state index in [0.29, 0.717) is 12.1 Å². The molecule has 0 bridgehead atoms. The second-order valence-electron chi connectivity index (χ2n) is 5.48. The van der Waals surface area contributed by atoms with E-state index in [1.165, 1.54) is 29.5 Å². The second-order valence-corrected chi connectivity index (χ2v) is 9.13. The van der Waals surface area contributed by atoms with Gasteiger partial charge in [-0.25, -0.2) is 13.4 Å². The van der Waals surface area contributed by atoms with Gasteiger partial charge in [0.05, 0.1) is 10.6 Å². The molecule has 3 rings (SSSR count). The summed E-state index contributed by atoms with van der Waals surface area (Å²) in [6, 6.07) is 12.7. The van der Waals surface area contributed by atoms with E-state index in [2.05, 4.69) is 25.6 Å². The van der Waals surface area contributed by atoms with Crippen LogP contribution in [0, 0.1) is 10.1 Å². The Morgan fingerprint density at radius 2 is 1.85 bits per heavy atom. The van der Waals surface area contributed by atoms with Gasteiger partial charge in [0.1, 0.15) is 0 Å². The van der Waals surface area contributed by atoms with Crippen LogP contribution in [0.25, 0.3) is 11.3 Å². The summed E-state index contributed by atoms with van der Waals surface area (Å²) in [6.07, 6.45) is 0.677. The van der Waals surface area contributed by atoms with E-state index >= 15 is 0 Å².